The predicted octanol–water partition coefficient (Wildman–Crippen LogP) is 13.6. The fourth-order valence-electron chi connectivity index (χ4n) is 12.6. The summed E-state index contributed by atoms with van der Waals surface area (Å²) in [5.41, 5.74) is 15.7. The van der Waals surface area contributed by atoms with Gasteiger partial charge in [-0.2, -0.15) is 0 Å². The van der Waals surface area contributed by atoms with Gasteiger partial charge in [0, 0.05) is 37.4 Å². The van der Waals surface area contributed by atoms with E-state index in [-0.39, 0.29) is 10.8 Å². The van der Waals surface area contributed by atoms with E-state index in [1.165, 1.54) is 103 Å². The molecule has 248 valence electrons. The van der Waals surface area contributed by atoms with Gasteiger partial charge in [-0.1, -0.05) is 117 Å². The van der Waals surface area contributed by atoms with Crippen LogP contribution in [-0.4, -0.2) is 0 Å². The van der Waals surface area contributed by atoms with Crippen LogP contribution in [0.2, 0.25) is 0 Å². The van der Waals surface area contributed by atoms with Crippen molar-refractivity contribution in [2.24, 2.45) is 23.7 Å². The van der Waals surface area contributed by atoms with Crippen LogP contribution in [0.1, 0.15) is 68.2 Å². The standard InChI is InChI=1S/C49H41NS/c1-48(2)37-16-6-3-13-35(37)45-39(48)18-10-20-41(45)50(43-22-9-15-34-33-12-5-8-23-44(33)51-47(34)43)42-21-11-19-40-46(42)36-14-4-7-17-38(36)49(40)31-25-29-24-30(27-31)28-32(49)26-29/h3-23,29-32H,24-28H2,1-2H3. The van der Waals surface area contributed by atoms with Crippen LogP contribution in [0.5, 0.6) is 0 Å². The third-order valence-electron chi connectivity index (χ3n) is 14.2. The summed E-state index contributed by atoms with van der Waals surface area (Å²) in [7, 11) is 0. The van der Waals surface area contributed by atoms with E-state index in [1.54, 1.807) is 11.1 Å². The Morgan fingerprint density at radius 1 is 0.490 bits per heavy atom. The smallest absolute Gasteiger partial charge is 0.0640 e. The Labute approximate surface area is 304 Å². The Morgan fingerprint density at radius 3 is 1.76 bits per heavy atom. The summed E-state index contributed by atoms with van der Waals surface area (Å²) in [6.07, 6.45) is 7.06. The van der Waals surface area contributed by atoms with Crippen molar-refractivity contribution in [2.45, 2.75) is 56.8 Å². The van der Waals surface area contributed by atoms with Crippen LogP contribution in [0.25, 0.3) is 42.4 Å². The highest BCUT2D eigenvalue weighted by Gasteiger charge is 2.62. The van der Waals surface area contributed by atoms with E-state index in [1.807, 2.05) is 11.3 Å². The SMILES string of the molecule is CC1(C)c2ccccc2-c2c(N(c3cccc4c3-c3ccccc3C43C4CC5CC(C4)CC3C5)c3cccc4c3sc3ccccc34)cccc21. The zero-order valence-electron chi connectivity index (χ0n) is 29.3. The number of fused-ring (bicyclic) bond motifs is 9. The summed E-state index contributed by atoms with van der Waals surface area (Å²) >= 11 is 1.94. The van der Waals surface area contributed by atoms with Crippen LogP contribution in [-0.2, 0) is 10.8 Å². The van der Waals surface area contributed by atoms with Crippen LogP contribution in [0, 0.1) is 23.7 Å². The van der Waals surface area contributed by atoms with E-state index >= 15 is 0 Å². The summed E-state index contributed by atoms with van der Waals surface area (Å²) in [6, 6.07) is 49.2. The molecular weight excluding hydrogens is 635 g/mol. The van der Waals surface area contributed by atoms with Crippen molar-refractivity contribution in [1.82, 2.24) is 0 Å². The maximum Gasteiger partial charge on any atom is 0.0640 e. The largest absolute Gasteiger partial charge is 0.308 e. The monoisotopic (exact) mass is 675 g/mol. The molecule has 2 heteroatoms. The molecule has 6 aliphatic carbocycles. The van der Waals surface area contributed by atoms with Gasteiger partial charge in [-0.15, -0.1) is 11.3 Å². The molecule has 0 amide bonds. The van der Waals surface area contributed by atoms with Crippen molar-refractivity contribution in [2.75, 3.05) is 4.90 Å². The molecule has 1 aromatic heterocycles. The molecule has 6 aliphatic rings. The molecule has 0 saturated heterocycles. The van der Waals surface area contributed by atoms with Gasteiger partial charge in [0.15, 0.2) is 0 Å². The number of thiophene rings is 1. The van der Waals surface area contributed by atoms with Crippen molar-refractivity contribution >= 4 is 48.6 Å². The highest BCUT2D eigenvalue weighted by Crippen LogP contribution is 2.70. The number of benzene rings is 6. The van der Waals surface area contributed by atoms with E-state index < -0.39 is 0 Å². The molecule has 1 heterocycles. The van der Waals surface area contributed by atoms with E-state index in [4.69, 9.17) is 0 Å². The molecule has 1 spiro atoms. The summed E-state index contributed by atoms with van der Waals surface area (Å²) in [5, 5.41) is 2.69. The van der Waals surface area contributed by atoms with Crippen molar-refractivity contribution in [1.29, 1.82) is 0 Å². The fourth-order valence-corrected chi connectivity index (χ4v) is 13.8. The molecule has 4 fully saturated rings. The summed E-state index contributed by atoms with van der Waals surface area (Å²) in [4.78, 5) is 2.69. The van der Waals surface area contributed by atoms with Crippen LogP contribution in [0.15, 0.2) is 127 Å². The van der Waals surface area contributed by atoms with Gasteiger partial charge in [0.1, 0.15) is 0 Å². The molecule has 6 aromatic carbocycles. The molecule has 0 unspecified atom stereocenters. The minimum absolute atomic E-state index is 0.0765. The van der Waals surface area contributed by atoms with E-state index in [9.17, 15) is 0 Å². The van der Waals surface area contributed by atoms with Crippen molar-refractivity contribution in [3.05, 3.63) is 150 Å². The molecular formula is C49H41NS. The molecule has 1 nitrogen and oxygen atoms in total. The van der Waals surface area contributed by atoms with Crippen molar-refractivity contribution in [3.63, 3.8) is 0 Å². The summed E-state index contributed by atoms with van der Waals surface area (Å²) in [6.45, 7) is 4.82. The fraction of sp³-hybridized carbons (Fsp3) is 0.265. The van der Waals surface area contributed by atoms with Gasteiger partial charge in [0.05, 0.1) is 21.8 Å². The number of rotatable bonds is 3. The first kappa shape index (κ1) is 29.0. The lowest BCUT2D eigenvalue weighted by Gasteiger charge is -2.61. The average Bonchev–Trinajstić information content (AvgIpc) is 3.76. The van der Waals surface area contributed by atoms with Gasteiger partial charge in [-0.05, 0) is 113 Å². The Balaban J connectivity index is 1.19. The average molecular weight is 676 g/mol. The lowest BCUT2D eigenvalue weighted by Crippen LogP contribution is -2.55. The first-order valence-electron chi connectivity index (χ1n) is 19.2. The lowest BCUT2D eigenvalue weighted by molar-refractivity contribution is -0.0399. The van der Waals surface area contributed by atoms with Gasteiger partial charge < -0.3 is 4.90 Å². The maximum atomic E-state index is 2.69. The third kappa shape index (κ3) is 3.58. The minimum Gasteiger partial charge on any atom is -0.308 e. The van der Waals surface area contributed by atoms with Gasteiger partial charge in [0.2, 0.25) is 0 Å². The number of hydrogen-bond acceptors (Lipinski definition) is 2. The van der Waals surface area contributed by atoms with Crippen molar-refractivity contribution in [3.8, 4) is 22.3 Å². The normalized spacial score (nSPS) is 25.7. The Bertz CT molecular complexity index is 2570. The molecule has 51 heavy (non-hydrogen) atoms. The maximum absolute atomic E-state index is 2.69. The number of hydrogen-bond donors (Lipinski definition) is 0. The topological polar surface area (TPSA) is 3.24 Å². The molecule has 0 aliphatic heterocycles. The Kier molecular flexibility index (Phi) is 5.69. The molecule has 0 atom stereocenters. The Morgan fingerprint density at radius 2 is 1.02 bits per heavy atom. The third-order valence-corrected chi connectivity index (χ3v) is 15.5. The minimum atomic E-state index is -0.0765. The quantitative estimate of drug-likeness (QED) is 0.180. The second kappa shape index (κ2) is 10.0. The van der Waals surface area contributed by atoms with E-state index in [0.29, 0.717) is 0 Å². The summed E-state index contributed by atoms with van der Waals surface area (Å²) in [5.74, 6) is 3.32. The molecule has 0 N–H and O–H groups in total. The first-order chi connectivity index (χ1) is 25.0. The van der Waals surface area contributed by atoms with E-state index in [0.717, 1.165) is 23.7 Å². The molecule has 4 bridgehead atoms. The number of nitrogens with zero attached hydrogens (tertiary/aromatic N) is 1. The van der Waals surface area contributed by atoms with Crippen LogP contribution in [0.3, 0.4) is 0 Å². The van der Waals surface area contributed by atoms with Gasteiger partial charge in [0.25, 0.3) is 0 Å². The highest BCUT2D eigenvalue weighted by atomic mass is 32.1. The van der Waals surface area contributed by atoms with Gasteiger partial charge in [-0.3, -0.25) is 0 Å². The van der Waals surface area contributed by atoms with E-state index in [2.05, 4.69) is 146 Å². The Hall–Kier alpha value is -4.66. The zero-order chi connectivity index (χ0) is 33.6. The summed E-state index contributed by atoms with van der Waals surface area (Å²) < 4.78 is 2.70. The van der Waals surface area contributed by atoms with Crippen molar-refractivity contribution < 1.29 is 0 Å². The molecule has 7 aromatic rings. The molecule has 0 radical (unpaired) electrons. The van der Waals surface area contributed by atoms with Gasteiger partial charge >= 0.3 is 0 Å². The highest BCUT2D eigenvalue weighted by molar-refractivity contribution is 7.26. The second-order valence-electron chi connectivity index (χ2n) is 16.9. The number of anilines is 3. The molecule has 13 rings (SSSR count). The zero-order valence-corrected chi connectivity index (χ0v) is 30.1. The van der Waals surface area contributed by atoms with Crippen LogP contribution >= 0.6 is 11.3 Å². The molecule has 4 saturated carbocycles. The van der Waals surface area contributed by atoms with Crippen LogP contribution in [0.4, 0.5) is 17.1 Å². The van der Waals surface area contributed by atoms with Gasteiger partial charge in [-0.25, -0.2) is 0 Å². The second-order valence-corrected chi connectivity index (χ2v) is 17.9. The predicted molar refractivity (Wildman–Crippen MR) is 215 cm³/mol. The van der Waals surface area contributed by atoms with Crippen LogP contribution < -0.4 is 4.90 Å². The first-order valence-corrected chi connectivity index (χ1v) is 20.0. The lowest BCUT2D eigenvalue weighted by atomic mass is 9.43.